The number of hydrogen-bond acceptors (Lipinski definition) is 3. The molecule has 1 N–H and O–H groups in total. The molecule has 3 heterocycles. The highest BCUT2D eigenvalue weighted by molar-refractivity contribution is 7.98. The highest BCUT2D eigenvalue weighted by Gasteiger charge is 2.35. The van der Waals surface area contributed by atoms with E-state index in [1.807, 2.05) is 40.8 Å². The van der Waals surface area contributed by atoms with E-state index in [4.69, 9.17) is 5.10 Å². The SMILES string of the molecule is CCCNC(=O)N1Cc2c(C)nn(-c3ccccc3)c2-n2cccc2C1c1ccc(SC)cc1. The average Bonchev–Trinajstić information content (AvgIpc) is 3.43. The van der Waals surface area contributed by atoms with E-state index in [1.165, 1.54) is 4.90 Å². The van der Waals surface area contributed by atoms with Crippen molar-refractivity contribution in [2.24, 2.45) is 0 Å². The zero-order valence-electron chi connectivity index (χ0n) is 19.7. The molecule has 1 unspecified atom stereocenters. The first-order chi connectivity index (χ1) is 16.6. The first kappa shape index (κ1) is 22.3. The number of aromatic nitrogens is 3. The molecule has 0 fully saturated rings. The van der Waals surface area contributed by atoms with Crippen molar-refractivity contribution in [2.45, 2.75) is 37.8 Å². The molecule has 1 aliphatic rings. The van der Waals surface area contributed by atoms with Crippen molar-refractivity contribution >= 4 is 17.8 Å². The number of benzene rings is 2. The summed E-state index contributed by atoms with van der Waals surface area (Å²) < 4.78 is 4.19. The maximum absolute atomic E-state index is 13.5. The van der Waals surface area contributed by atoms with Gasteiger partial charge in [-0.25, -0.2) is 9.48 Å². The van der Waals surface area contributed by atoms with Gasteiger partial charge in [-0.2, -0.15) is 5.10 Å². The summed E-state index contributed by atoms with van der Waals surface area (Å²) in [7, 11) is 0. The first-order valence-electron chi connectivity index (χ1n) is 11.6. The Morgan fingerprint density at radius 1 is 1.09 bits per heavy atom. The summed E-state index contributed by atoms with van der Waals surface area (Å²) in [5, 5.41) is 8.00. The van der Waals surface area contributed by atoms with Crippen LogP contribution in [-0.2, 0) is 6.54 Å². The molecule has 1 atom stereocenters. The molecule has 0 saturated heterocycles. The van der Waals surface area contributed by atoms with Gasteiger partial charge in [-0.3, -0.25) is 0 Å². The zero-order chi connectivity index (χ0) is 23.7. The van der Waals surface area contributed by atoms with Crippen molar-refractivity contribution < 1.29 is 4.79 Å². The maximum atomic E-state index is 13.5. The summed E-state index contributed by atoms with van der Waals surface area (Å²) in [6, 6.07) is 22.6. The first-order valence-corrected chi connectivity index (χ1v) is 12.8. The molecule has 174 valence electrons. The van der Waals surface area contributed by atoms with Gasteiger partial charge in [0, 0.05) is 23.2 Å². The predicted octanol–water partition coefficient (Wildman–Crippen LogP) is 5.72. The molecule has 0 radical (unpaired) electrons. The molecule has 0 bridgehead atoms. The van der Waals surface area contributed by atoms with Gasteiger partial charge in [0.1, 0.15) is 5.82 Å². The molecule has 5 rings (SSSR count). The third-order valence-corrected chi connectivity index (χ3v) is 7.05. The van der Waals surface area contributed by atoms with Gasteiger partial charge < -0.3 is 14.8 Å². The number of nitrogens with one attached hydrogen (secondary N) is 1. The van der Waals surface area contributed by atoms with Crippen LogP contribution in [0.15, 0.2) is 77.8 Å². The lowest BCUT2D eigenvalue weighted by Crippen LogP contribution is -2.42. The Kier molecular flexibility index (Phi) is 6.20. The molecular weight excluding hydrogens is 442 g/mol. The van der Waals surface area contributed by atoms with Gasteiger partial charge in [0.2, 0.25) is 0 Å². The molecular formula is C27H29N5OS. The number of carbonyl (C=O) groups excluding carboxylic acids is 1. The van der Waals surface area contributed by atoms with Crippen molar-refractivity contribution in [2.75, 3.05) is 12.8 Å². The van der Waals surface area contributed by atoms with E-state index >= 15 is 0 Å². The molecule has 6 nitrogen and oxygen atoms in total. The summed E-state index contributed by atoms with van der Waals surface area (Å²) in [5.74, 6) is 0.986. The van der Waals surface area contributed by atoms with E-state index in [-0.39, 0.29) is 12.1 Å². The monoisotopic (exact) mass is 471 g/mol. The Morgan fingerprint density at radius 2 is 1.85 bits per heavy atom. The van der Waals surface area contributed by atoms with Crippen LogP contribution >= 0.6 is 11.8 Å². The van der Waals surface area contributed by atoms with E-state index < -0.39 is 0 Å². The van der Waals surface area contributed by atoms with Crippen molar-refractivity contribution in [1.82, 2.24) is 24.6 Å². The fraction of sp³-hybridized carbons (Fsp3) is 0.259. The van der Waals surface area contributed by atoms with Gasteiger partial charge in [-0.15, -0.1) is 11.8 Å². The Hall–Kier alpha value is -3.45. The minimum absolute atomic E-state index is 0.0618. The van der Waals surface area contributed by atoms with Crippen LogP contribution in [0.1, 0.15) is 41.9 Å². The van der Waals surface area contributed by atoms with Crippen LogP contribution in [0, 0.1) is 6.92 Å². The minimum atomic E-state index is -0.223. The fourth-order valence-electron chi connectivity index (χ4n) is 4.62. The predicted molar refractivity (Wildman–Crippen MR) is 137 cm³/mol. The van der Waals surface area contributed by atoms with Crippen molar-refractivity contribution in [3.63, 3.8) is 0 Å². The van der Waals surface area contributed by atoms with E-state index in [1.54, 1.807) is 11.8 Å². The van der Waals surface area contributed by atoms with Crippen LogP contribution in [0.3, 0.4) is 0 Å². The summed E-state index contributed by atoms with van der Waals surface area (Å²) in [4.78, 5) is 16.7. The van der Waals surface area contributed by atoms with Gasteiger partial charge >= 0.3 is 6.03 Å². The number of fused-ring (bicyclic) bond motifs is 3. The van der Waals surface area contributed by atoms with Gasteiger partial charge in [0.25, 0.3) is 0 Å². The van der Waals surface area contributed by atoms with Crippen LogP contribution in [0.2, 0.25) is 0 Å². The zero-order valence-corrected chi connectivity index (χ0v) is 20.5. The Labute approximate surface area is 204 Å². The van der Waals surface area contributed by atoms with E-state index in [9.17, 15) is 4.79 Å². The van der Waals surface area contributed by atoms with Crippen molar-refractivity contribution in [3.8, 4) is 11.5 Å². The number of thioether (sulfide) groups is 1. The molecule has 0 aliphatic carbocycles. The highest BCUT2D eigenvalue weighted by atomic mass is 32.2. The molecule has 1 aliphatic heterocycles. The number of rotatable bonds is 5. The topological polar surface area (TPSA) is 55.1 Å². The third kappa shape index (κ3) is 3.90. The van der Waals surface area contributed by atoms with Crippen LogP contribution in [-0.4, -0.2) is 38.1 Å². The molecule has 4 aromatic rings. The number of nitrogens with zero attached hydrogens (tertiary/aromatic N) is 4. The van der Waals surface area contributed by atoms with Crippen molar-refractivity contribution in [3.05, 3.63) is 95.4 Å². The number of amides is 2. The molecule has 2 aromatic carbocycles. The Balaban J connectivity index is 1.71. The van der Waals surface area contributed by atoms with Gasteiger partial charge in [0.15, 0.2) is 0 Å². The molecule has 7 heteroatoms. The second-order valence-corrected chi connectivity index (χ2v) is 9.35. The number of carbonyl (C=O) groups is 1. The number of para-hydroxylation sites is 1. The maximum Gasteiger partial charge on any atom is 0.318 e. The molecule has 0 spiro atoms. The number of hydrogen-bond donors (Lipinski definition) is 1. The molecule has 2 aromatic heterocycles. The molecule has 34 heavy (non-hydrogen) atoms. The fourth-order valence-corrected chi connectivity index (χ4v) is 5.03. The molecule has 2 amide bonds. The lowest BCUT2D eigenvalue weighted by molar-refractivity contribution is 0.180. The van der Waals surface area contributed by atoms with E-state index in [2.05, 4.69) is 71.7 Å². The van der Waals surface area contributed by atoms with Gasteiger partial charge in [0.05, 0.1) is 29.7 Å². The van der Waals surface area contributed by atoms with E-state index in [0.717, 1.165) is 40.4 Å². The largest absolute Gasteiger partial charge is 0.338 e. The van der Waals surface area contributed by atoms with Crippen molar-refractivity contribution in [1.29, 1.82) is 0 Å². The van der Waals surface area contributed by atoms with Crippen LogP contribution in [0.5, 0.6) is 0 Å². The summed E-state index contributed by atoms with van der Waals surface area (Å²) in [5.41, 5.74) is 5.10. The second kappa shape index (κ2) is 9.43. The standard InChI is InChI=1S/C27H29N5OS/c1-4-16-28-27(33)31-18-23-19(2)29-32(21-9-6-5-7-10-21)26(23)30-17-8-11-24(30)25(31)20-12-14-22(34-3)15-13-20/h5-15,17,25H,4,16,18H2,1-3H3,(H,28,33). The average molecular weight is 472 g/mol. The quantitative estimate of drug-likeness (QED) is 0.379. The Morgan fingerprint density at radius 3 is 2.56 bits per heavy atom. The van der Waals surface area contributed by atoms with Crippen LogP contribution in [0.25, 0.3) is 11.5 Å². The highest BCUT2D eigenvalue weighted by Crippen LogP contribution is 2.38. The summed E-state index contributed by atoms with van der Waals surface area (Å²) in [6.07, 6.45) is 5.04. The number of aryl methyl sites for hydroxylation is 1. The third-order valence-electron chi connectivity index (χ3n) is 6.31. The summed E-state index contributed by atoms with van der Waals surface area (Å²) in [6.45, 7) is 5.21. The Bertz CT molecular complexity index is 1290. The lowest BCUT2D eigenvalue weighted by atomic mass is 10.0. The van der Waals surface area contributed by atoms with Crippen LogP contribution < -0.4 is 5.32 Å². The van der Waals surface area contributed by atoms with Gasteiger partial charge in [-0.05, 0) is 61.6 Å². The minimum Gasteiger partial charge on any atom is -0.338 e. The second-order valence-electron chi connectivity index (χ2n) is 8.47. The smallest absolute Gasteiger partial charge is 0.318 e. The van der Waals surface area contributed by atoms with Crippen LogP contribution in [0.4, 0.5) is 4.79 Å². The normalized spacial score (nSPS) is 14.9. The lowest BCUT2D eigenvalue weighted by Gasteiger charge is -2.31. The van der Waals surface area contributed by atoms with E-state index in [0.29, 0.717) is 13.1 Å². The van der Waals surface area contributed by atoms with Gasteiger partial charge in [-0.1, -0.05) is 37.3 Å². The summed E-state index contributed by atoms with van der Waals surface area (Å²) >= 11 is 1.72. The number of urea groups is 1. The molecule has 0 saturated carbocycles.